The van der Waals surface area contributed by atoms with Gasteiger partial charge in [-0.05, 0) is 29.8 Å². The molecule has 0 saturated carbocycles. The molecule has 5 heteroatoms. The predicted octanol–water partition coefficient (Wildman–Crippen LogP) is 2.80. The monoisotopic (exact) mass is 313 g/mol. The maximum atomic E-state index is 10.7. The number of halogens is 2. The van der Waals surface area contributed by atoms with E-state index in [1.807, 2.05) is 13.8 Å². The van der Waals surface area contributed by atoms with Crippen molar-refractivity contribution >= 4 is 48.9 Å². The van der Waals surface area contributed by atoms with Crippen LogP contribution < -0.4 is 0 Å². The minimum absolute atomic E-state index is 0. The minimum atomic E-state index is 0. The van der Waals surface area contributed by atoms with Crippen LogP contribution in [0.3, 0.4) is 0 Å². The molecule has 0 aliphatic rings. The summed E-state index contributed by atoms with van der Waals surface area (Å²) in [7, 11) is 0. The van der Waals surface area contributed by atoms with E-state index in [0.29, 0.717) is 6.42 Å². The van der Waals surface area contributed by atoms with E-state index in [-0.39, 0.29) is 21.7 Å². The van der Waals surface area contributed by atoms with E-state index in [0.717, 1.165) is 15.6 Å². The lowest BCUT2D eigenvalue weighted by Gasteiger charge is -1.89. The quantitative estimate of drug-likeness (QED) is 0.786. The number of aryl methyl sites for hydroxylation is 2. The van der Waals surface area contributed by atoms with Crippen molar-refractivity contribution in [2.24, 2.45) is 0 Å². The Labute approximate surface area is 94.3 Å². The zero-order chi connectivity index (χ0) is 8.43. The highest BCUT2D eigenvalue weighted by Gasteiger charge is 2.06. The zero-order valence-corrected chi connectivity index (χ0v) is 10.9. The first-order valence-corrected chi connectivity index (χ1v) is 4.82. The van der Waals surface area contributed by atoms with Gasteiger partial charge in [0.1, 0.15) is 0 Å². The Kier molecular flexibility index (Phi) is 5.20. The summed E-state index contributed by atoms with van der Waals surface area (Å²) in [4.78, 5) is 15.9. The number of rotatable bonds is 2. The Morgan fingerprint density at radius 3 is 2.50 bits per heavy atom. The Morgan fingerprint density at radius 2 is 2.17 bits per heavy atom. The number of carbonyl (C=O) groups excluding carboxylic acids is 1. The zero-order valence-electron chi connectivity index (χ0n) is 6.76. The summed E-state index contributed by atoms with van der Waals surface area (Å²) in [6, 6.07) is 0. The number of carbonyl (C=O) groups is 1. The van der Waals surface area contributed by atoms with Crippen molar-refractivity contribution in [1.29, 1.82) is 0 Å². The molecule has 0 aromatic carbocycles. The smallest absolute Gasteiger partial charge is 0.203 e. The molecule has 0 bridgehead atoms. The second-order valence-electron chi connectivity index (χ2n) is 2.27. The van der Waals surface area contributed by atoms with Gasteiger partial charge in [0.2, 0.25) is 4.69 Å². The summed E-state index contributed by atoms with van der Waals surface area (Å²) in [5.41, 5.74) is 0.973. The topological polar surface area (TPSA) is 30.0 Å². The highest BCUT2D eigenvalue weighted by atomic mass is 79.9. The second kappa shape index (κ2) is 5.09. The van der Waals surface area contributed by atoms with Crippen LogP contribution in [-0.4, -0.2) is 9.68 Å². The predicted molar refractivity (Wildman–Crippen MR) is 59.5 cm³/mol. The third-order valence-corrected chi connectivity index (χ3v) is 2.65. The number of thiazole rings is 1. The van der Waals surface area contributed by atoms with Crippen molar-refractivity contribution in [3.63, 3.8) is 0 Å². The van der Waals surface area contributed by atoms with Gasteiger partial charge in [-0.2, -0.15) is 0 Å². The molecule has 0 radical (unpaired) electrons. The van der Waals surface area contributed by atoms with Gasteiger partial charge in [-0.15, -0.1) is 28.3 Å². The summed E-state index contributed by atoms with van der Waals surface area (Å²) >= 11 is 4.48. The van der Waals surface area contributed by atoms with Crippen LogP contribution in [0.2, 0.25) is 0 Å². The molecule has 12 heavy (non-hydrogen) atoms. The molecule has 0 spiro atoms. The van der Waals surface area contributed by atoms with Crippen molar-refractivity contribution in [2.75, 3.05) is 0 Å². The van der Waals surface area contributed by atoms with E-state index in [9.17, 15) is 4.79 Å². The third-order valence-electron chi connectivity index (χ3n) is 1.30. The summed E-state index contributed by atoms with van der Waals surface area (Å²) in [6.45, 7) is 3.87. The van der Waals surface area contributed by atoms with Gasteiger partial charge < -0.3 is 0 Å². The summed E-state index contributed by atoms with van der Waals surface area (Å²) in [5.74, 6) is 0. The van der Waals surface area contributed by atoms with E-state index >= 15 is 0 Å². The molecule has 2 nitrogen and oxygen atoms in total. The molecule has 0 atom stereocenters. The van der Waals surface area contributed by atoms with Gasteiger partial charge in [-0.25, -0.2) is 4.98 Å². The van der Waals surface area contributed by atoms with Crippen molar-refractivity contribution in [2.45, 2.75) is 20.3 Å². The van der Waals surface area contributed by atoms with Gasteiger partial charge >= 0.3 is 0 Å². The molecule has 1 rings (SSSR count). The first-order valence-electron chi connectivity index (χ1n) is 3.21. The van der Waals surface area contributed by atoms with Gasteiger partial charge in [0.05, 0.1) is 17.1 Å². The Bertz CT molecular complexity index is 285. The van der Waals surface area contributed by atoms with E-state index in [1.165, 1.54) is 0 Å². The van der Waals surface area contributed by atoms with Crippen molar-refractivity contribution in [3.05, 3.63) is 15.6 Å². The average molecular weight is 315 g/mol. The number of hydrogen-bond donors (Lipinski definition) is 0. The highest BCUT2D eigenvalue weighted by molar-refractivity contribution is 9.18. The van der Waals surface area contributed by atoms with Crippen LogP contribution in [-0.2, 0) is 11.2 Å². The molecule has 68 valence electrons. The molecule has 1 aromatic heterocycles. The van der Waals surface area contributed by atoms with Crippen LogP contribution in [0.25, 0.3) is 0 Å². The standard InChI is InChI=1S/C7H8BrNOS.BrH/c1-4-6(3-7(8)10)11-5(2)9-4;/h3H2,1-2H3;1H. The summed E-state index contributed by atoms with van der Waals surface area (Å²) in [5, 5.41) is 1.02. The van der Waals surface area contributed by atoms with E-state index < -0.39 is 0 Å². The second-order valence-corrected chi connectivity index (χ2v) is 4.45. The fourth-order valence-electron chi connectivity index (χ4n) is 0.864. The van der Waals surface area contributed by atoms with Gasteiger partial charge in [0.15, 0.2) is 0 Å². The molecule has 0 saturated heterocycles. The molecule has 0 fully saturated rings. The Balaban J connectivity index is 0.00000121. The highest BCUT2D eigenvalue weighted by Crippen LogP contribution is 2.18. The lowest BCUT2D eigenvalue weighted by atomic mass is 10.3. The fourth-order valence-corrected chi connectivity index (χ4v) is 2.27. The van der Waals surface area contributed by atoms with Crippen molar-refractivity contribution < 1.29 is 4.79 Å². The molecule has 0 unspecified atom stereocenters. The molecule has 0 aliphatic carbocycles. The lowest BCUT2D eigenvalue weighted by molar-refractivity contribution is -0.109. The molecule has 0 N–H and O–H groups in total. The molecular weight excluding hydrogens is 306 g/mol. The minimum Gasteiger partial charge on any atom is -0.286 e. The molecule has 0 amide bonds. The van der Waals surface area contributed by atoms with Crippen LogP contribution in [0, 0.1) is 13.8 Å². The van der Waals surface area contributed by atoms with Crippen LogP contribution >= 0.6 is 44.2 Å². The fraction of sp³-hybridized carbons (Fsp3) is 0.429. The number of nitrogens with zero attached hydrogens (tertiary/aromatic N) is 1. The maximum Gasteiger partial charge on any atom is 0.203 e. The van der Waals surface area contributed by atoms with E-state index in [4.69, 9.17) is 0 Å². The summed E-state index contributed by atoms with van der Waals surface area (Å²) < 4.78 is 0.0178. The van der Waals surface area contributed by atoms with Crippen LogP contribution in [0.15, 0.2) is 0 Å². The first kappa shape index (κ1) is 12.3. The molecule has 1 heterocycles. The van der Waals surface area contributed by atoms with E-state index in [1.54, 1.807) is 11.3 Å². The van der Waals surface area contributed by atoms with Gasteiger partial charge in [0, 0.05) is 4.88 Å². The number of hydrogen-bond acceptors (Lipinski definition) is 3. The Hall–Kier alpha value is 0.260. The van der Waals surface area contributed by atoms with Crippen LogP contribution in [0.4, 0.5) is 0 Å². The first-order chi connectivity index (χ1) is 5.09. The van der Waals surface area contributed by atoms with E-state index in [2.05, 4.69) is 20.9 Å². The maximum absolute atomic E-state index is 10.7. The largest absolute Gasteiger partial charge is 0.286 e. The van der Waals surface area contributed by atoms with Gasteiger partial charge in [0.25, 0.3) is 0 Å². The van der Waals surface area contributed by atoms with Gasteiger partial charge in [-0.3, -0.25) is 4.79 Å². The average Bonchev–Trinajstić information content (AvgIpc) is 2.09. The van der Waals surface area contributed by atoms with Crippen molar-refractivity contribution in [3.8, 4) is 0 Å². The normalized spacial score (nSPS) is 9.25. The van der Waals surface area contributed by atoms with Crippen LogP contribution in [0.5, 0.6) is 0 Å². The summed E-state index contributed by atoms with van der Waals surface area (Å²) in [6.07, 6.45) is 0.456. The molecule has 1 aromatic rings. The SMILES string of the molecule is Br.Cc1nc(C)c(CC(=O)Br)s1. The molecular formula is C7H9Br2NOS. The van der Waals surface area contributed by atoms with Crippen molar-refractivity contribution in [1.82, 2.24) is 4.98 Å². The third kappa shape index (κ3) is 3.33. The van der Waals surface area contributed by atoms with Gasteiger partial charge in [-0.1, -0.05) is 0 Å². The van der Waals surface area contributed by atoms with Crippen LogP contribution in [0.1, 0.15) is 15.6 Å². The number of aromatic nitrogens is 1. The lowest BCUT2D eigenvalue weighted by Crippen LogP contribution is -1.91. The Morgan fingerprint density at radius 1 is 1.58 bits per heavy atom. The molecule has 0 aliphatic heterocycles.